The lowest BCUT2D eigenvalue weighted by molar-refractivity contribution is 0.215. The van der Waals surface area contributed by atoms with Crippen LogP contribution in [0.5, 0.6) is 0 Å². The quantitative estimate of drug-likeness (QED) is 0.904. The fourth-order valence-corrected chi connectivity index (χ4v) is 2.98. The normalized spacial score (nSPS) is 24.1. The third-order valence-electron chi connectivity index (χ3n) is 4.17. The first-order chi connectivity index (χ1) is 9.33. The van der Waals surface area contributed by atoms with Crippen LogP contribution >= 0.6 is 0 Å². The van der Waals surface area contributed by atoms with E-state index in [0.717, 1.165) is 37.9 Å². The maximum absolute atomic E-state index is 6.06. The molecule has 2 aliphatic rings. The summed E-state index contributed by atoms with van der Waals surface area (Å²) in [4.78, 5) is 4.60. The van der Waals surface area contributed by atoms with Gasteiger partial charge in [0.15, 0.2) is 5.90 Å². The molecule has 0 radical (unpaired) electrons. The Labute approximate surface area is 115 Å². The van der Waals surface area contributed by atoms with Crippen LogP contribution in [-0.4, -0.2) is 25.5 Å². The number of nitrogens with one attached hydrogen (secondary N) is 1. The summed E-state index contributed by atoms with van der Waals surface area (Å²) in [6.45, 7) is 5.20. The average Bonchev–Trinajstić information content (AvgIpc) is 2.89. The Morgan fingerprint density at radius 1 is 1.26 bits per heavy atom. The number of nitrogens with zero attached hydrogens (tertiary/aromatic N) is 1. The van der Waals surface area contributed by atoms with Gasteiger partial charge in [-0.25, -0.2) is 0 Å². The topological polar surface area (TPSA) is 33.6 Å². The molecule has 2 heterocycles. The first-order valence-corrected chi connectivity index (χ1v) is 7.29. The fraction of sp³-hybridized carbons (Fsp3) is 0.562. The average molecular weight is 258 g/mol. The molecule has 0 aromatic heterocycles. The predicted octanol–water partition coefficient (Wildman–Crippen LogP) is 2.85. The molecule has 0 bridgehead atoms. The van der Waals surface area contributed by atoms with E-state index in [9.17, 15) is 0 Å². The first-order valence-electron chi connectivity index (χ1n) is 7.29. The van der Waals surface area contributed by atoms with E-state index in [-0.39, 0.29) is 6.10 Å². The van der Waals surface area contributed by atoms with Crippen LogP contribution in [0.4, 0.5) is 0 Å². The van der Waals surface area contributed by atoms with Gasteiger partial charge >= 0.3 is 0 Å². The molecule has 0 aliphatic carbocycles. The van der Waals surface area contributed by atoms with Crippen molar-refractivity contribution in [3.63, 3.8) is 0 Å². The molecule has 3 nitrogen and oxygen atoms in total. The van der Waals surface area contributed by atoms with Crippen LogP contribution in [0.1, 0.15) is 36.5 Å². The Morgan fingerprint density at radius 2 is 2.05 bits per heavy atom. The predicted molar refractivity (Wildman–Crippen MR) is 77.5 cm³/mol. The van der Waals surface area contributed by atoms with E-state index in [0.29, 0.717) is 0 Å². The molecular weight excluding hydrogens is 236 g/mol. The van der Waals surface area contributed by atoms with Gasteiger partial charge in [0.1, 0.15) is 6.10 Å². The molecule has 2 aliphatic heterocycles. The molecular formula is C16H22N2O. The van der Waals surface area contributed by atoms with Gasteiger partial charge < -0.3 is 10.1 Å². The first kappa shape index (κ1) is 12.7. The van der Waals surface area contributed by atoms with Crippen LogP contribution in [-0.2, 0) is 4.74 Å². The largest absolute Gasteiger partial charge is 0.471 e. The van der Waals surface area contributed by atoms with Gasteiger partial charge in [-0.1, -0.05) is 24.3 Å². The van der Waals surface area contributed by atoms with Crippen molar-refractivity contribution in [2.75, 3.05) is 19.6 Å². The van der Waals surface area contributed by atoms with Crippen molar-refractivity contribution >= 4 is 5.90 Å². The van der Waals surface area contributed by atoms with Crippen molar-refractivity contribution < 1.29 is 4.74 Å². The van der Waals surface area contributed by atoms with Crippen LogP contribution < -0.4 is 5.32 Å². The molecule has 19 heavy (non-hydrogen) atoms. The summed E-state index contributed by atoms with van der Waals surface area (Å²) in [5.74, 6) is 1.72. The number of rotatable bonds is 3. The minimum Gasteiger partial charge on any atom is -0.471 e. The number of piperidine rings is 1. The van der Waals surface area contributed by atoms with Gasteiger partial charge in [-0.3, -0.25) is 4.99 Å². The number of hydrogen-bond donors (Lipinski definition) is 1. The number of aliphatic imine (C=N–C) groups is 1. The molecule has 1 fully saturated rings. The Bertz CT molecular complexity index is 464. The molecule has 102 valence electrons. The van der Waals surface area contributed by atoms with Gasteiger partial charge in [0.25, 0.3) is 0 Å². The molecule has 0 amide bonds. The molecule has 1 unspecified atom stereocenters. The van der Waals surface area contributed by atoms with Crippen molar-refractivity contribution in [2.24, 2.45) is 10.9 Å². The van der Waals surface area contributed by atoms with Crippen LogP contribution in [0.15, 0.2) is 29.3 Å². The SMILES string of the molecule is Cc1ccccc1C1CN=C(CC2CCNCC2)O1. The minimum atomic E-state index is 0.137. The Hall–Kier alpha value is -1.35. The van der Waals surface area contributed by atoms with Gasteiger partial charge in [-0.05, 0) is 49.9 Å². The minimum absolute atomic E-state index is 0.137. The van der Waals surface area contributed by atoms with Crippen LogP contribution in [0, 0.1) is 12.8 Å². The highest BCUT2D eigenvalue weighted by Crippen LogP contribution is 2.28. The lowest BCUT2D eigenvalue weighted by atomic mass is 9.95. The van der Waals surface area contributed by atoms with Gasteiger partial charge in [-0.2, -0.15) is 0 Å². The third-order valence-corrected chi connectivity index (χ3v) is 4.17. The van der Waals surface area contributed by atoms with E-state index < -0.39 is 0 Å². The highest BCUT2D eigenvalue weighted by Gasteiger charge is 2.25. The molecule has 3 rings (SSSR count). The van der Waals surface area contributed by atoms with E-state index in [4.69, 9.17) is 4.74 Å². The maximum atomic E-state index is 6.06. The van der Waals surface area contributed by atoms with E-state index in [1.54, 1.807) is 0 Å². The van der Waals surface area contributed by atoms with Crippen LogP contribution in [0.3, 0.4) is 0 Å². The van der Waals surface area contributed by atoms with Crippen molar-refractivity contribution in [1.29, 1.82) is 0 Å². The molecule has 1 aromatic carbocycles. The zero-order valence-corrected chi connectivity index (χ0v) is 11.6. The van der Waals surface area contributed by atoms with Gasteiger partial charge in [0.2, 0.25) is 0 Å². The summed E-state index contributed by atoms with van der Waals surface area (Å²) in [6, 6.07) is 8.45. The van der Waals surface area contributed by atoms with Gasteiger partial charge in [-0.15, -0.1) is 0 Å². The zero-order valence-electron chi connectivity index (χ0n) is 11.6. The molecule has 1 saturated heterocycles. The van der Waals surface area contributed by atoms with Crippen molar-refractivity contribution in [2.45, 2.75) is 32.3 Å². The number of benzene rings is 1. The highest BCUT2D eigenvalue weighted by atomic mass is 16.5. The second-order valence-corrected chi connectivity index (χ2v) is 5.60. The zero-order chi connectivity index (χ0) is 13.1. The van der Waals surface area contributed by atoms with Crippen LogP contribution in [0.25, 0.3) is 0 Å². The van der Waals surface area contributed by atoms with E-state index in [2.05, 4.69) is 41.5 Å². The smallest absolute Gasteiger partial charge is 0.184 e. The number of hydrogen-bond acceptors (Lipinski definition) is 3. The molecule has 0 spiro atoms. The van der Waals surface area contributed by atoms with Crippen LogP contribution in [0.2, 0.25) is 0 Å². The van der Waals surface area contributed by atoms with Crippen molar-refractivity contribution in [1.82, 2.24) is 5.32 Å². The Balaban J connectivity index is 1.58. The lowest BCUT2D eigenvalue weighted by Crippen LogP contribution is -2.29. The number of ether oxygens (including phenoxy) is 1. The summed E-state index contributed by atoms with van der Waals surface area (Å²) in [6.07, 6.45) is 3.65. The summed E-state index contributed by atoms with van der Waals surface area (Å²) < 4.78 is 6.06. The van der Waals surface area contributed by atoms with E-state index in [1.807, 2.05) is 0 Å². The summed E-state index contributed by atoms with van der Waals surface area (Å²) in [5.41, 5.74) is 2.58. The maximum Gasteiger partial charge on any atom is 0.184 e. The lowest BCUT2D eigenvalue weighted by Gasteiger charge is -2.22. The number of aryl methyl sites for hydroxylation is 1. The monoisotopic (exact) mass is 258 g/mol. The molecule has 0 saturated carbocycles. The van der Waals surface area contributed by atoms with E-state index >= 15 is 0 Å². The summed E-state index contributed by atoms with van der Waals surface area (Å²) in [5, 5.41) is 3.40. The standard InChI is InChI=1S/C16H22N2O/c1-12-4-2-3-5-14(12)15-11-18-16(19-15)10-13-6-8-17-9-7-13/h2-5,13,15,17H,6-11H2,1H3. The molecule has 1 aromatic rings. The molecule has 1 N–H and O–H groups in total. The van der Waals surface area contributed by atoms with Gasteiger partial charge in [0, 0.05) is 6.42 Å². The second-order valence-electron chi connectivity index (χ2n) is 5.60. The Morgan fingerprint density at radius 3 is 2.84 bits per heavy atom. The Kier molecular flexibility index (Phi) is 3.83. The van der Waals surface area contributed by atoms with Crippen molar-refractivity contribution in [3.05, 3.63) is 35.4 Å². The third kappa shape index (κ3) is 2.98. The molecule has 3 heteroatoms. The second kappa shape index (κ2) is 5.74. The van der Waals surface area contributed by atoms with E-state index in [1.165, 1.54) is 24.0 Å². The summed E-state index contributed by atoms with van der Waals surface area (Å²) in [7, 11) is 0. The summed E-state index contributed by atoms with van der Waals surface area (Å²) >= 11 is 0. The fourth-order valence-electron chi connectivity index (χ4n) is 2.98. The van der Waals surface area contributed by atoms with Gasteiger partial charge in [0.05, 0.1) is 6.54 Å². The molecule has 1 atom stereocenters. The van der Waals surface area contributed by atoms with Crippen molar-refractivity contribution in [3.8, 4) is 0 Å². The highest BCUT2D eigenvalue weighted by molar-refractivity contribution is 5.78.